The Bertz CT molecular complexity index is 1330. The second-order valence-electron chi connectivity index (χ2n) is 11.0. The van der Waals surface area contributed by atoms with Gasteiger partial charge in [0.25, 0.3) is 0 Å². The summed E-state index contributed by atoms with van der Waals surface area (Å²) in [5, 5.41) is 4.76. The van der Waals surface area contributed by atoms with Crippen LogP contribution in [-0.4, -0.2) is 57.8 Å². The van der Waals surface area contributed by atoms with E-state index in [1.165, 1.54) is 11.1 Å². The number of unbranched alkanes of at least 4 members (excludes halogenated alkanes) is 1. The van der Waals surface area contributed by atoms with Gasteiger partial charge in [0.1, 0.15) is 6.10 Å². The lowest BCUT2D eigenvalue weighted by molar-refractivity contribution is -0.147. The molecule has 0 saturated carbocycles. The molecule has 1 saturated heterocycles. The number of carbonyl (C=O) groups excluding carboxylic acids is 1. The third-order valence-corrected chi connectivity index (χ3v) is 7.93. The van der Waals surface area contributed by atoms with Gasteiger partial charge in [0, 0.05) is 25.5 Å². The van der Waals surface area contributed by atoms with Crippen LogP contribution in [0.2, 0.25) is 0 Å². The number of rotatable bonds is 13. The topological polar surface area (TPSA) is 69.0 Å². The summed E-state index contributed by atoms with van der Waals surface area (Å²) in [5.41, 5.74) is 5.33. The number of hydrogen-bond donors (Lipinski definition) is 0. The quantitative estimate of drug-likeness (QED) is 0.148. The van der Waals surface area contributed by atoms with E-state index >= 15 is 0 Å². The molecule has 1 fully saturated rings. The highest BCUT2D eigenvalue weighted by Gasteiger charge is 2.24. The third-order valence-electron chi connectivity index (χ3n) is 7.93. The normalized spacial score (nSPS) is 15.4. The number of ether oxygens (including phenoxy) is 2. The van der Waals surface area contributed by atoms with Gasteiger partial charge < -0.3 is 14.4 Å². The number of piperidine rings is 1. The molecule has 1 aliphatic heterocycles. The molecule has 2 aromatic carbocycles. The number of fused-ring (bicyclic) bond motifs is 1. The average molecular weight is 555 g/mol. The fraction of sp³-hybridized carbons (Fsp3) is 0.441. The van der Waals surface area contributed by atoms with E-state index in [0.717, 1.165) is 68.6 Å². The van der Waals surface area contributed by atoms with Crippen molar-refractivity contribution in [2.45, 2.75) is 64.6 Å². The van der Waals surface area contributed by atoms with Gasteiger partial charge >= 0.3 is 5.97 Å². The molecule has 5 rings (SSSR count). The molecule has 1 unspecified atom stereocenters. The highest BCUT2D eigenvalue weighted by molar-refractivity contribution is 5.72. The second-order valence-corrected chi connectivity index (χ2v) is 11.0. The Balaban J connectivity index is 1.09. The molecule has 0 N–H and O–H groups in total. The summed E-state index contributed by atoms with van der Waals surface area (Å²) in [4.78, 5) is 19.2. The first-order valence-electron chi connectivity index (χ1n) is 15.1. The second kappa shape index (κ2) is 14.4. The maximum absolute atomic E-state index is 12.2. The van der Waals surface area contributed by atoms with Crippen LogP contribution in [-0.2, 0) is 27.1 Å². The van der Waals surface area contributed by atoms with Crippen LogP contribution >= 0.6 is 0 Å². The molecular formula is C34H42N4O3. The van der Waals surface area contributed by atoms with Crippen molar-refractivity contribution in [2.75, 3.05) is 26.2 Å². The van der Waals surface area contributed by atoms with Crippen molar-refractivity contribution in [3.8, 4) is 0 Å². The van der Waals surface area contributed by atoms with Crippen molar-refractivity contribution in [1.82, 2.24) is 19.5 Å². The van der Waals surface area contributed by atoms with Gasteiger partial charge in [-0.3, -0.25) is 4.79 Å². The fourth-order valence-electron chi connectivity index (χ4n) is 5.72. The fourth-order valence-corrected chi connectivity index (χ4v) is 5.72. The summed E-state index contributed by atoms with van der Waals surface area (Å²) in [6.07, 6.45) is 9.68. The number of imidazole rings is 1. The Kier molecular flexibility index (Phi) is 10.2. The summed E-state index contributed by atoms with van der Waals surface area (Å²) < 4.78 is 13.8. The van der Waals surface area contributed by atoms with Crippen LogP contribution in [0.3, 0.4) is 0 Å². The molecule has 1 atom stereocenters. The number of carbonyl (C=O) groups is 1. The molecule has 4 aromatic rings. The molecule has 0 amide bonds. The van der Waals surface area contributed by atoms with Gasteiger partial charge in [0.2, 0.25) is 0 Å². The zero-order valence-corrected chi connectivity index (χ0v) is 24.3. The SMILES string of the molecule is CCOC(=O)C(C)Cc1cc(CCCCN2CCC(OC(c3ccccc3)c3ccccc3)CC2)nn2ccnc12. The van der Waals surface area contributed by atoms with Crippen molar-refractivity contribution in [3.63, 3.8) is 0 Å². The highest BCUT2D eigenvalue weighted by atomic mass is 16.5. The lowest BCUT2D eigenvalue weighted by Crippen LogP contribution is -2.38. The lowest BCUT2D eigenvalue weighted by atomic mass is 10.00. The predicted molar refractivity (Wildman–Crippen MR) is 161 cm³/mol. The molecule has 216 valence electrons. The molecule has 7 nitrogen and oxygen atoms in total. The van der Waals surface area contributed by atoms with Gasteiger partial charge in [-0.15, -0.1) is 0 Å². The summed E-state index contributed by atoms with van der Waals surface area (Å²) in [5.74, 6) is -0.381. The number of nitrogens with zero attached hydrogens (tertiary/aromatic N) is 4. The molecule has 41 heavy (non-hydrogen) atoms. The van der Waals surface area contributed by atoms with E-state index in [1.807, 2.05) is 24.6 Å². The minimum atomic E-state index is -0.215. The van der Waals surface area contributed by atoms with Crippen LogP contribution in [0.5, 0.6) is 0 Å². The van der Waals surface area contributed by atoms with Crippen molar-refractivity contribution < 1.29 is 14.3 Å². The van der Waals surface area contributed by atoms with Crippen LogP contribution in [0, 0.1) is 5.92 Å². The standard InChI is InChI=1S/C34H42N4O3/c1-3-40-34(39)26(2)24-29-25-30(36-38-23-19-35-33(29)38)16-10-11-20-37-21-17-31(18-22-37)41-32(27-12-6-4-7-13-27)28-14-8-5-9-15-28/h4-9,12-15,19,23,25-26,31-32H,3,10-11,16-18,20-22,24H2,1-2H3. The Hall–Kier alpha value is -3.55. The predicted octanol–water partition coefficient (Wildman–Crippen LogP) is 6.06. The smallest absolute Gasteiger partial charge is 0.308 e. The Morgan fingerprint density at radius 2 is 1.68 bits per heavy atom. The molecular weight excluding hydrogens is 512 g/mol. The van der Waals surface area contributed by atoms with Gasteiger partial charge in [0.05, 0.1) is 24.3 Å². The third kappa shape index (κ3) is 7.80. The van der Waals surface area contributed by atoms with Gasteiger partial charge in [-0.05, 0) is 74.8 Å². The first-order valence-corrected chi connectivity index (χ1v) is 15.1. The molecule has 0 spiro atoms. The minimum Gasteiger partial charge on any atom is -0.466 e. The van der Waals surface area contributed by atoms with Crippen LogP contribution in [0.4, 0.5) is 0 Å². The number of likely N-dealkylation sites (tertiary alicyclic amines) is 1. The van der Waals surface area contributed by atoms with E-state index in [2.05, 4.69) is 76.6 Å². The van der Waals surface area contributed by atoms with Crippen LogP contribution in [0.15, 0.2) is 79.1 Å². The van der Waals surface area contributed by atoms with Crippen molar-refractivity contribution in [2.24, 2.45) is 5.92 Å². The van der Waals surface area contributed by atoms with Crippen molar-refractivity contribution >= 4 is 11.6 Å². The Labute approximate surface area is 243 Å². The monoisotopic (exact) mass is 554 g/mol. The largest absolute Gasteiger partial charge is 0.466 e. The van der Waals surface area contributed by atoms with Crippen molar-refractivity contribution in [3.05, 3.63) is 102 Å². The molecule has 1 aliphatic rings. The number of benzene rings is 2. The molecule has 7 heteroatoms. The van der Waals surface area contributed by atoms with Gasteiger partial charge in [0.15, 0.2) is 5.65 Å². The number of hydrogen-bond acceptors (Lipinski definition) is 6. The molecule has 0 bridgehead atoms. The van der Waals surface area contributed by atoms with Gasteiger partial charge in [-0.25, -0.2) is 9.50 Å². The summed E-state index contributed by atoms with van der Waals surface area (Å²) in [6.45, 7) is 7.37. The summed E-state index contributed by atoms with van der Waals surface area (Å²) >= 11 is 0. The first-order chi connectivity index (χ1) is 20.1. The Morgan fingerprint density at radius 1 is 1.00 bits per heavy atom. The van der Waals surface area contributed by atoms with E-state index < -0.39 is 0 Å². The Morgan fingerprint density at radius 3 is 2.34 bits per heavy atom. The average Bonchev–Trinajstić information content (AvgIpc) is 3.49. The van der Waals surface area contributed by atoms with Crippen molar-refractivity contribution in [1.29, 1.82) is 0 Å². The van der Waals surface area contributed by atoms with Crippen LogP contribution in [0.25, 0.3) is 5.65 Å². The zero-order valence-electron chi connectivity index (χ0n) is 24.3. The molecule has 3 heterocycles. The van der Waals surface area contributed by atoms with E-state index in [9.17, 15) is 4.79 Å². The van der Waals surface area contributed by atoms with Gasteiger partial charge in [-0.2, -0.15) is 5.10 Å². The van der Waals surface area contributed by atoms with Gasteiger partial charge in [-0.1, -0.05) is 67.6 Å². The van der Waals surface area contributed by atoms with Crippen LogP contribution in [0.1, 0.15) is 68.0 Å². The summed E-state index contributed by atoms with van der Waals surface area (Å²) in [6, 6.07) is 23.2. The number of aryl methyl sites for hydroxylation is 1. The molecule has 0 aliphatic carbocycles. The number of aromatic nitrogens is 3. The molecule has 2 aromatic heterocycles. The zero-order chi connectivity index (χ0) is 28.4. The summed E-state index contributed by atoms with van der Waals surface area (Å²) in [7, 11) is 0. The van der Waals surface area contributed by atoms with E-state index in [1.54, 1.807) is 6.20 Å². The maximum Gasteiger partial charge on any atom is 0.308 e. The minimum absolute atomic E-state index is 0.0283. The van der Waals surface area contributed by atoms with E-state index in [-0.39, 0.29) is 24.1 Å². The number of esters is 1. The first kappa shape index (κ1) is 29.0. The highest BCUT2D eigenvalue weighted by Crippen LogP contribution is 2.30. The van der Waals surface area contributed by atoms with Crippen LogP contribution < -0.4 is 0 Å². The lowest BCUT2D eigenvalue weighted by Gasteiger charge is -2.34. The molecule has 0 radical (unpaired) electrons. The van der Waals surface area contributed by atoms with E-state index in [4.69, 9.17) is 14.6 Å². The maximum atomic E-state index is 12.2. The van der Waals surface area contributed by atoms with E-state index in [0.29, 0.717) is 13.0 Å².